The molecule has 0 aliphatic heterocycles. The standard InChI is InChI=1S/C12H11ClN2O2/c1-8-3-2-4-9(5-8)7-15-11(13)10(6-14-15)12(16)17/h2-6H,7H2,1H3,(H,16,17). The van der Waals surface area contributed by atoms with Crippen LogP contribution in [0, 0.1) is 6.92 Å². The van der Waals surface area contributed by atoms with Crippen molar-refractivity contribution in [1.29, 1.82) is 0 Å². The molecule has 0 saturated carbocycles. The van der Waals surface area contributed by atoms with E-state index >= 15 is 0 Å². The maximum Gasteiger partial charge on any atom is 0.340 e. The van der Waals surface area contributed by atoms with Crippen molar-refractivity contribution in [3.05, 3.63) is 52.3 Å². The maximum atomic E-state index is 10.8. The number of aromatic nitrogens is 2. The van der Waals surface area contributed by atoms with Gasteiger partial charge in [0.15, 0.2) is 0 Å². The van der Waals surface area contributed by atoms with Crippen molar-refractivity contribution in [3.63, 3.8) is 0 Å². The van der Waals surface area contributed by atoms with Crippen molar-refractivity contribution >= 4 is 17.6 Å². The van der Waals surface area contributed by atoms with Gasteiger partial charge >= 0.3 is 5.97 Å². The first kappa shape index (κ1) is 11.7. The Morgan fingerprint density at radius 1 is 1.53 bits per heavy atom. The summed E-state index contributed by atoms with van der Waals surface area (Å²) < 4.78 is 1.47. The molecule has 0 atom stereocenters. The number of hydrogen-bond acceptors (Lipinski definition) is 2. The second-order valence-corrected chi connectivity index (χ2v) is 4.16. The Bertz CT molecular complexity index is 563. The number of aromatic carboxylic acids is 1. The molecule has 0 radical (unpaired) electrons. The molecule has 0 aliphatic rings. The number of hydrogen-bond donors (Lipinski definition) is 1. The Morgan fingerprint density at radius 3 is 2.88 bits per heavy atom. The van der Waals surface area contributed by atoms with E-state index in [9.17, 15) is 4.79 Å². The molecule has 2 rings (SSSR count). The molecule has 2 aromatic rings. The minimum absolute atomic E-state index is 0.0271. The van der Waals surface area contributed by atoms with Crippen LogP contribution >= 0.6 is 11.6 Å². The summed E-state index contributed by atoms with van der Waals surface area (Å²) in [4.78, 5) is 10.8. The van der Waals surface area contributed by atoms with Gasteiger partial charge in [-0.05, 0) is 12.5 Å². The van der Waals surface area contributed by atoms with Crippen LogP contribution in [-0.4, -0.2) is 20.9 Å². The van der Waals surface area contributed by atoms with E-state index < -0.39 is 5.97 Å². The summed E-state index contributed by atoms with van der Waals surface area (Å²) in [6, 6.07) is 7.90. The molecule has 1 heterocycles. The van der Waals surface area contributed by atoms with Crippen molar-refractivity contribution in [2.75, 3.05) is 0 Å². The van der Waals surface area contributed by atoms with Crippen LogP contribution in [0.1, 0.15) is 21.5 Å². The fraction of sp³-hybridized carbons (Fsp3) is 0.167. The number of carbonyl (C=O) groups is 1. The lowest BCUT2D eigenvalue weighted by molar-refractivity contribution is 0.0697. The predicted molar refractivity (Wildman–Crippen MR) is 64.5 cm³/mol. The molecule has 5 heteroatoms. The highest BCUT2D eigenvalue weighted by atomic mass is 35.5. The summed E-state index contributed by atoms with van der Waals surface area (Å²) >= 11 is 5.93. The number of benzene rings is 1. The Kier molecular flexibility index (Phi) is 3.15. The average molecular weight is 251 g/mol. The fourth-order valence-electron chi connectivity index (χ4n) is 1.61. The van der Waals surface area contributed by atoms with Gasteiger partial charge in [-0.25, -0.2) is 9.48 Å². The van der Waals surface area contributed by atoms with Crippen molar-refractivity contribution in [3.8, 4) is 0 Å². The quantitative estimate of drug-likeness (QED) is 0.911. The number of rotatable bonds is 3. The highest BCUT2D eigenvalue weighted by Crippen LogP contribution is 2.17. The third-order valence-electron chi connectivity index (χ3n) is 2.42. The second-order valence-electron chi connectivity index (χ2n) is 3.80. The molecule has 0 unspecified atom stereocenters. The van der Waals surface area contributed by atoms with E-state index in [1.807, 2.05) is 31.2 Å². The number of aryl methyl sites for hydroxylation is 1. The van der Waals surface area contributed by atoms with Crippen LogP contribution in [0.15, 0.2) is 30.5 Å². The topological polar surface area (TPSA) is 55.1 Å². The van der Waals surface area contributed by atoms with Crippen LogP contribution < -0.4 is 0 Å². The Labute approximate surface area is 103 Å². The van der Waals surface area contributed by atoms with Crippen LogP contribution in [0.25, 0.3) is 0 Å². The summed E-state index contributed by atoms with van der Waals surface area (Å²) in [5.74, 6) is -1.06. The van der Waals surface area contributed by atoms with Gasteiger partial charge in [0.25, 0.3) is 0 Å². The van der Waals surface area contributed by atoms with Gasteiger partial charge in [-0.2, -0.15) is 5.10 Å². The van der Waals surface area contributed by atoms with E-state index in [1.165, 1.54) is 10.9 Å². The first-order chi connectivity index (χ1) is 8.08. The molecule has 0 fully saturated rings. The normalized spacial score (nSPS) is 10.5. The third-order valence-corrected chi connectivity index (χ3v) is 2.82. The van der Waals surface area contributed by atoms with Gasteiger partial charge < -0.3 is 5.11 Å². The van der Waals surface area contributed by atoms with Crippen LogP contribution in [0.3, 0.4) is 0 Å². The molecule has 1 aromatic carbocycles. The molecule has 0 bridgehead atoms. The molecule has 4 nitrogen and oxygen atoms in total. The maximum absolute atomic E-state index is 10.8. The minimum Gasteiger partial charge on any atom is -0.478 e. The fourth-order valence-corrected chi connectivity index (χ4v) is 1.84. The van der Waals surface area contributed by atoms with Gasteiger partial charge in [-0.15, -0.1) is 0 Å². The number of halogens is 1. The zero-order valence-electron chi connectivity index (χ0n) is 9.22. The van der Waals surface area contributed by atoms with Crippen LogP contribution in [0.5, 0.6) is 0 Å². The summed E-state index contributed by atoms with van der Waals surface area (Å²) in [7, 11) is 0. The molecule has 0 aliphatic carbocycles. The minimum atomic E-state index is -1.06. The monoisotopic (exact) mass is 250 g/mol. The van der Waals surface area contributed by atoms with E-state index in [-0.39, 0.29) is 10.7 Å². The molecule has 88 valence electrons. The summed E-state index contributed by atoms with van der Waals surface area (Å²) in [6.45, 7) is 2.46. The molecular formula is C12H11ClN2O2. The van der Waals surface area contributed by atoms with Crippen LogP contribution in [0.2, 0.25) is 5.15 Å². The highest BCUT2D eigenvalue weighted by molar-refractivity contribution is 6.32. The summed E-state index contributed by atoms with van der Waals surface area (Å²) in [5, 5.41) is 13.0. The lowest BCUT2D eigenvalue weighted by atomic mass is 10.1. The largest absolute Gasteiger partial charge is 0.478 e. The molecule has 1 N–H and O–H groups in total. The molecule has 0 saturated heterocycles. The van der Waals surface area contributed by atoms with Gasteiger partial charge in [0.05, 0.1) is 12.7 Å². The Balaban J connectivity index is 2.28. The smallest absolute Gasteiger partial charge is 0.340 e. The molecule has 0 spiro atoms. The number of nitrogens with zero attached hydrogens (tertiary/aromatic N) is 2. The molecule has 1 aromatic heterocycles. The Hall–Kier alpha value is -1.81. The SMILES string of the molecule is Cc1cccc(Cn2ncc(C(=O)O)c2Cl)c1. The first-order valence-corrected chi connectivity index (χ1v) is 5.46. The zero-order valence-corrected chi connectivity index (χ0v) is 9.98. The highest BCUT2D eigenvalue weighted by Gasteiger charge is 2.14. The van der Waals surface area contributed by atoms with Crippen molar-refractivity contribution in [2.45, 2.75) is 13.5 Å². The molecule has 0 amide bonds. The van der Waals surface area contributed by atoms with Gasteiger partial charge in [-0.1, -0.05) is 41.4 Å². The lowest BCUT2D eigenvalue weighted by Gasteiger charge is -2.04. The second kappa shape index (κ2) is 4.59. The van der Waals surface area contributed by atoms with Crippen molar-refractivity contribution in [2.24, 2.45) is 0 Å². The van der Waals surface area contributed by atoms with Gasteiger partial charge in [0, 0.05) is 0 Å². The van der Waals surface area contributed by atoms with E-state index in [0.717, 1.165) is 11.1 Å². The van der Waals surface area contributed by atoms with Gasteiger partial charge in [0.2, 0.25) is 0 Å². The van der Waals surface area contributed by atoms with Crippen molar-refractivity contribution < 1.29 is 9.90 Å². The first-order valence-electron chi connectivity index (χ1n) is 5.08. The average Bonchev–Trinajstić information content (AvgIpc) is 2.61. The molecular weight excluding hydrogens is 240 g/mol. The zero-order chi connectivity index (χ0) is 12.4. The van der Waals surface area contributed by atoms with E-state index in [4.69, 9.17) is 16.7 Å². The Morgan fingerprint density at radius 2 is 2.29 bits per heavy atom. The number of carboxylic acids is 1. The number of carboxylic acid groups (broad SMARTS) is 1. The van der Waals surface area contributed by atoms with Crippen LogP contribution in [-0.2, 0) is 6.54 Å². The van der Waals surface area contributed by atoms with E-state index in [1.54, 1.807) is 0 Å². The summed E-state index contributed by atoms with van der Waals surface area (Å²) in [6.07, 6.45) is 1.26. The van der Waals surface area contributed by atoms with Crippen LogP contribution in [0.4, 0.5) is 0 Å². The van der Waals surface area contributed by atoms with E-state index in [2.05, 4.69) is 5.10 Å². The molecule has 17 heavy (non-hydrogen) atoms. The predicted octanol–water partition coefficient (Wildman–Crippen LogP) is 2.59. The van der Waals surface area contributed by atoms with Gasteiger partial charge in [0.1, 0.15) is 10.7 Å². The van der Waals surface area contributed by atoms with Gasteiger partial charge in [-0.3, -0.25) is 0 Å². The van der Waals surface area contributed by atoms with Crippen molar-refractivity contribution in [1.82, 2.24) is 9.78 Å². The van der Waals surface area contributed by atoms with E-state index in [0.29, 0.717) is 6.54 Å². The lowest BCUT2D eigenvalue weighted by Crippen LogP contribution is -2.03. The third kappa shape index (κ3) is 2.47. The summed E-state index contributed by atoms with van der Waals surface area (Å²) in [5.41, 5.74) is 2.20.